The van der Waals surface area contributed by atoms with Crippen LogP contribution in [-0.2, 0) is 7.05 Å². The Kier molecular flexibility index (Phi) is 4.36. The fraction of sp³-hybridized carbons (Fsp3) is 0.0500. The molecule has 26 heavy (non-hydrogen) atoms. The Morgan fingerprint density at radius 2 is 1.77 bits per heavy atom. The van der Waals surface area contributed by atoms with Crippen molar-refractivity contribution < 1.29 is 4.79 Å². The van der Waals surface area contributed by atoms with E-state index < -0.39 is 0 Å². The Hall–Kier alpha value is -2.83. The van der Waals surface area contributed by atoms with E-state index in [4.69, 9.17) is 12.2 Å². The van der Waals surface area contributed by atoms with E-state index in [1.807, 2.05) is 41.9 Å². The number of amides is 1. The van der Waals surface area contributed by atoms with Crippen molar-refractivity contribution in [1.82, 2.24) is 9.88 Å². The smallest absolute Gasteiger partial charge is 0.257 e. The van der Waals surface area contributed by atoms with Gasteiger partial charge in [0.1, 0.15) is 0 Å². The number of benzene rings is 3. The second-order valence-electron chi connectivity index (χ2n) is 5.82. The second kappa shape index (κ2) is 6.82. The number of aryl methyl sites for hydroxylation is 1. The highest BCUT2D eigenvalue weighted by molar-refractivity contribution is 7.80. The van der Waals surface area contributed by atoms with Crippen LogP contribution in [0.15, 0.2) is 71.7 Å². The number of nitrogens with one attached hydrogen (secondary N) is 1. The van der Waals surface area contributed by atoms with Crippen molar-refractivity contribution in [2.75, 3.05) is 0 Å². The third-order valence-electron chi connectivity index (χ3n) is 4.15. The zero-order valence-electron chi connectivity index (χ0n) is 14.0. The van der Waals surface area contributed by atoms with Gasteiger partial charge in [0.25, 0.3) is 5.91 Å². The number of nitrogens with zero attached hydrogens (tertiary/aromatic N) is 2. The summed E-state index contributed by atoms with van der Waals surface area (Å²) < 4.78 is 3.15. The molecule has 6 heteroatoms. The average Bonchev–Trinajstić information content (AvgIpc) is 2.98. The Labute approximate surface area is 159 Å². The van der Waals surface area contributed by atoms with Gasteiger partial charge in [-0.25, -0.2) is 0 Å². The molecule has 0 aliphatic rings. The summed E-state index contributed by atoms with van der Waals surface area (Å²) in [6.45, 7) is 0. The lowest BCUT2D eigenvalue weighted by Gasteiger charge is -2.02. The molecule has 0 saturated carbocycles. The van der Waals surface area contributed by atoms with E-state index in [1.54, 1.807) is 23.5 Å². The van der Waals surface area contributed by atoms with E-state index in [9.17, 15) is 4.79 Å². The summed E-state index contributed by atoms with van der Waals surface area (Å²) in [5.74, 6) is -0.256. The van der Waals surface area contributed by atoms with E-state index in [2.05, 4.69) is 34.6 Å². The molecule has 0 saturated heterocycles. The van der Waals surface area contributed by atoms with E-state index in [1.165, 1.54) is 10.8 Å². The van der Waals surface area contributed by atoms with Crippen LogP contribution in [0.4, 0.5) is 0 Å². The molecule has 1 heterocycles. The lowest BCUT2D eigenvalue weighted by atomic mass is 10.1. The summed E-state index contributed by atoms with van der Waals surface area (Å²) in [7, 11) is 1.95. The van der Waals surface area contributed by atoms with Crippen LogP contribution in [-0.4, -0.2) is 15.6 Å². The Morgan fingerprint density at radius 3 is 2.58 bits per heavy atom. The van der Waals surface area contributed by atoms with Gasteiger partial charge in [-0.3, -0.25) is 10.1 Å². The quantitative estimate of drug-likeness (QED) is 0.510. The normalized spacial score (nSPS) is 11.8. The summed E-state index contributed by atoms with van der Waals surface area (Å²) >= 11 is 6.83. The third kappa shape index (κ3) is 3.05. The first-order valence-electron chi connectivity index (χ1n) is 8.06. The Morgan fingerprint density at radius 1 is 1.04 bits per heavy atom. The summed E-state index contributed by atoms with van der Waals surface area (Å²) in [6, 6.07) is 21.4. The molecule has 0 atom stereocenters. The first kappa shape index (κ1) is 16.6. The van der Waals surface area contributed by atoms with Crippen LogP contribution in [0.1, 0.15) is 10.4 Å². The minimum atomic E-state index is -0.256. The van der Waals surface area contributed by atoms with Crippen molar-refractivity contribution in [3.63, 3.8) is 0 Å². The predicted molar refractivity (Wildman–Crippen MR) is 110 cm³/mol. The van der Waals surface area contributed by atoms with Gasteiger partial charge in [0.05, 0.1) is 10.2 Å². The monoisotopic (exact) mass is 377 g/mol. The Balaban J connectivity index is 1.72. The van der Waals surface area contributed by atoms with Gasteiger partial charge in [-0.15, -0.1) is 0 Å². The lowest BCUT2D eigenvalue weighted by molar-refractivity contribution is 0.0977. The summed E-state index contributed by atoms with van der Waals surface area (Å²) in [4.78, 5) is 17.4. The molecular weight excluding hydrogens is 362 g/mol. The molecule has 4 aromatic rings. The minimum absolute atomic E-state index is 0.158. The van der Waals surface area contributed by atoms with Crippen LogP contribution in [0, 0.1) is 0 Å². The van der Waals surface area contributed by atoms with Gasteiger partial charge >= 0.3 is 0 Å². The van der Waals surface area contributed by atoms with Crippen molar-refractivity contribution in [2.24, 2.45) is 12.0 Å². The third-order valence-corrected chi connectivity index (χ3v) is 5.53. The zero-order valence-corrected chi connectivity index (χ0v) is 15.6. The standard InChI is InChI=1S/C20H15N3OS2/c1-23-16-12-11-13-7-5-6-10-15(13)17(16)26-20(23)22-19(25)21-18(24)14-8-3-2-4-9-14/h2-12H,1H3,(H,21,24,25). The number of aromatic nitrogens is 1. The molecule has 0 bridgehead atoms. The maximum Gasteiger partial charge on any atom is 0.257 e. The maximum absolute atomic E-state index is 12.2. The predicted octanol–water partition coefficient (Wildman–Crippen LogP) is 4.01. The molecule has 3 aromatic carbocycles. The molecular formula is C20H15N3OS2. The fourth-order valence-corrected chi connectivity index (χ4v) is 4.23. The molecule has 0 spiro atoms. The van der Waals surface area contributed by atoms with E-state index in [0.29, 0.717) is 5.56 Å². The number of carbonyl (C=O) groups is 1. The minimum Gasteiger partial charge on any atom is -0.319 e. The van der Waals surface area contributed by atoms with Crippen LogP contribution in [0.2, 0.25) is 0 Å². The number of thiazole rings is 1. The van der Waals surface area contributed by atoms with Gasteiger partial charge < -0.3 is 4.57 Å². The molecule has 4 nitrogen and oxygen atoms in total. The highest BCUT2D eigenvalue weighted by Crippen LogP contribution is 2.26. The lowest BCUT2D eigenvalue weighted by Crippen LogP contribution is -2.29. The number of carbonyl (C=O) groups excluding carboxylic acids is 1. The molecule has 0 aliphatic carbocycles. The number of thiocarbonyl (C=S) groups is 1. The van der Waals surface area contributed by atoms with Crippen molar-refractivity contribution in [3.05, 3.63) is 77.1 Å². The zero-order chi connectivity index (χ0) is 18.1. The SMILES string of the molecule is Cn1c(=NC(=S)NC(=O)c2ccccc2)sc2c3ccccc3ccc21. The van der Waals surface area contributed by atoms with Crippen LogP contribution in [0.5, 0.6) is 0 Å². The molecule has 128 valence electrons. The molecule has 4 rings (SSSR count). The van der Waals surface area contributed by atoms with Crippen LogP contribution >= 0.6 is 23.6 Å². The van der Waals surface area contributed by atoms with Crippen LogP contribution in [0.3, 0.4) is 0 Å². The number of rotatable bonds is 1. The molecule has 0 radical (unpaired) electrons. The van der Waals surface area contributed by atoms with Gasteiger partial charge in [-0.1, -0.05) is 59.9 Å². The van der Waals surface area contributed by atoms with Gasteiger partial charge in [-0.05, 0) is 35.8 Å². The average molecular weight is 377 g/mol. The van der Waals surface area contributed by atoms with E-state index in [-0.39, 0.29) is 11.0 Å². The second-order valence-corrected chi connectivity index (χ2v) is 7.18. The number of hydrogen-bond acceptors (Lipinski definition) is 3. The van der Waals surface area contributed by atoms with Crippen molar-refractivity contribution in [2.45, 2.75) is 0 Å². The maximum atomic E-state index is 12.2. The van der Waals surface area contributed by atoms with Crippen molar-refractivity contribution in [1.29, 1.82) is 0 Å². The van der Waals surface area contributed by atoms with Gasteiger partial charge in [-0.2, -0.15) is 4.99 Å². The molecule has 1 amide bonds. The van der Waals surface area contributed by atoms with E-state index >= 15 is 0 Å². The largest absolute Gasteiger partial charge is 0.319 e. The van der Waals surface area contributed by atoms with Gasteiger partial charge in [0, 0.05) is 18.0 Å². The van der Waals surface area contributed by atoms with Crippen LogP contribution in [0.25, 0.3) is 21.0 Å². The fourth-order valence-electron chi connectivity index (χ4n) is 2.84. The van der Waals surface area contributed by atoms with Crippen LogP contribution < -0.4 is 10.1 Å². The summed E-state index contributed by atoms with van der Waals surface area (Å²) in [5, 5.41) is 5.20. The Bertz CT molecular complexity index is 1210. The first-order valence-corrected chi connectivity index (χ1v) is 9.28. The molecule has 1 N–H and O–H groups in total. The van der Waals surface area contributed by atoms with Crippen molar-refractivity contribution >= 4 is 55.6 Å². The number of hydrogen-bond donors (Lipinski definition) is 1. The highest BCUT2D eigenvalue weighted by atomic mass is 32.1. The van der Waals surface area contributed by atoms with Gasteiger partial charge in [0.2, 0.25) is 5.11 Å². The van der Waals surface area contributed by atoms with Gasteiger partial charge in [0.15, 0.2) is 4.80 Å². The highest BCUT2D eigenvalue weighted by Gasteiger charge is 2.09. The molecule has 0 fully saturated rings. The summed E-state index contributed by atoms with van der Waals surface area (Å²) in [5.41, 5.74) is 1.64. The first-order chi connectivity index (χ1) is 12.6. The van der Waals surface area contributed by atoms with Crippen molar-refractivity contribution in [3.8, 4) is 0 Å². The molecule has 0 aliphatic heterocycles. The molecule has 1 aromatic heterocycles. The van der Waals surface area contributed by atoms with E-state index in [0.717, 1.165) is 15.0 Å². The summed E-state index contributed by atoms with van der Waals surface area (Å²) in [6.07, 6.45) is 0. The number of fused-ring (bicyclic) bond motifs is 3. The molecule has 0 unspecified atom stereocenters. The topological polar surface area (TPSA) is 46.4 Å².